The van der Waals surface area contributed by atoms with Crippen LogP contribution >= 0.6 is 0 Å². The molecule has 0 aliphatic carbocycles. The van der Waals surface area contributed by atoms with Crippen molar-refractivity contribution in [2.75, 3.05) is 13.2 Å². The van der Waals surface area contributed by atoms with Crippen LogP contribution in [-0.4, -0.2) is 37.4 Å². The molecule has 0 saturated heterocycles. The predicted molar refractivity (Wildman–Crippen MR) is 121 cm³/mol. The quantitative estimate of drug-likeness (QED) is 0.352. The molecule has 0 N–H and O–H groups in total. The van der Waals surface area contributed by atoms with Crippen molar-refractivity contribution in [3.05, 3.63) is 59.0 Å². The smallest absolute Gasteiger partial charge is 0.347 e. The van der Waals surface area contributed by atoms with Crippen molar-refractivity contribution < 1.29 is 33.0 Å². The van der Waals surface area contributed by atoms with Crippen molar-refractivity contribution >= 4 is 22.9 Å². The number of rotatable bonds is 9. The third kappa shape index (κ3) is 5.71. The van der Waals surface area contributed by atoms with Crippen molar-refractivity contribution in [3.63, 3.8) is 0 Å². The minimum Gasteiger partial charge on any atom is -0.479 e. The van der Waals surface area contributed by atoms with Gasteiger partial charge in [-0.2, -0.15) is 0 Å². The van der Waals surface area contributed by atoms with Crippen LogP contribution in [0.2, 0.25) is 0 Å². The first-order chi connectivity index (χ1) is 15.8. The molecular weight excluding hydrogens is 428 g/mol. The lowest BCUT2D eigenvalue weighted by atomic mass is 10.0. The van der Waals surface area contributed by atoms with E-state index in [4.69, 9.17) is 23.4 Å². The summed E-state index contributed by atoms with van der Waals surface area (Å²) in [5.74, 6) is -0.640. The molecule has 174 valence electrons. The lowest BCUT2D eigenvalue weighted by Gasteiger charge is -2.19. The maximum atomic E-state index is 12.3. The molecule has 0 spiro atoms. The molecule has 0 aliphatic rings. The van der Waals surface area contributed by atoms with Crippen LogP contribution in [0.5, 0.6) is 11.5 Å². The Hall–Kier alpha value is -3.81. The number of fused-ring (bicyclic) bond motifs is 1. The highest BCUT2D eigenvalue weighted by Gasteiger charge is 2.23. The fourth-order valence-corrected chi connectivity index (χ4v) is 3.26. The number of carbonyl (C=O) groups is 2. The first-order valence-corrected chi connectivity index (χ1v) is 10.7. The van der Waals surface area contributed by atoms with E-state index in [0.717, 1.165) is 5.56 Å². The SMILES string of the molecule is CCOC(=O)[C@H](C)Oc1cc(O[C@H](C)C(=O)OCC)c2c(-c3ccccc3)cc(=O)oc2c1. The molecule has 0 bridgehead atoms. The number of ether oxygens (including phenoxy) is 4. The summed E-state index contributed by atoms with van der Waals surface area (Å²) < 4.78 is 27.1. The summed E-state index contributed by atoms with van der Waals surface area (Å²) in [7, 11) is 0. The zero-order valence-electron chi connectivity index (χ0n) is 19.0. The third-order valence-corrected chi connectivity index (χ3v) is 4.72. The minimum atomic E-state index is -0.943. The molecule has 2 atom stereocenters. The maximum Gasteiger partial charge on any atom is 0.347 e. The van der Waals surface area contributed by atoms with E-state index >= 15 is 0 Å². The van der Waals surface area contributed by atoms with Gasteiger partial charge in [0, 0.05) is 23.8 Å². The second-order valence-corrected chi connectivity index (χ2v) is 7.16. The van der Waals surface area contributed by atoms with Gasteiger partial charge in [-0.05, 0) is 33.3 Å². The van der Waals surface area contributed by atoms with Crippen LogP contribution < -0.4 is 15.1 Å². The largest absolute Gasteiger partial charge is 0.479 e. The van der Waals surface area contributed by atoms with E-state index in [9.17, 15) is 14.4 Å². The Labute approximate surface area is 191 Å². The van der Waals surface area contributed by atoms with Crippen LogP contribution in [0.25, 0.3) is 22.1 Å². The lowest BCUT2D eigenvalue weighted by molar-refractivity contribution is -0.151. The molecular formula is C25H26O8. The zero-order chi connectivity index (χ0) is 24.0. The second kappa shape index (κ2) is 10.7. The molecule has 0 amide bonds. The second-order valence-electron chi connectivity index (χ2n) is 7.16. The van der Waals surface area contributed by atoms with Crippen LogP contribution in [0.4, 0.5) is 0 Å². The van der Waals surface area contributed by atoms with Crippen molar-refractivity contribution in [1.82, 2.24) is 0 Å². The first-order valence-electron chi connectivity index (χ1n) is 10.7. The molecule has 2 aromatic carbocycles. The van der Waals surface area contributed by atoms with E-state index in [1.165, 1.54) is 12.1 Å². The van der Waals surface area contributed by atoms with Gasteiger partial charge in [0.15, 0.2) is 12.2 Å². The molecule has 3 aromatic rings. The molecule has 0 aliphatic heterocycles. The van der Waals surface area contributed by atoms with E-state index in [1.54, 1.807) is 33.8 Å². The Morgan fingerprint density at radius 3 is 2.09 bits per heavy atom. The van der Waals surface area contributed by atoms with Gasteiger partial charge in [-0.25, -0.2) is 14.4 Å². The molecule has 1 heterocycles. The summed E-state index contributed by atoms with van der Waals surface area (Å²) in [5, 5.41) is 0.480. The molecule has 0 radical (unpaired) electrons. The van der Waals surface area contributed by atoms with E-state index < -0.39 is 29.8 Å². The fraction of sp³-hybridized carbons (Fsp3) is 0.320. The Bertz CT molecular complexity index is 1180. The van der Waals surface area contributed by atoms with Crippen molar-refractivity contribution in [2.45, 2.75) is 39.9 Å². The summed E-state index contributed by atoms with van der Waals surface area (Å²) in [6, 6.07) is 13.6. The Morgan fingerprint density at radius 2 is 1.48 bits per heavy atom. The summed E-state index contributed by atoms with van der Waals surface area (Å²) in [6.07, 6.45) is -1.86. The average molecular weight is 454 g/mol. The molecule has 33 heavy (non-hydrogen) atoms. The first kappa shape index (κ1) is 23.8. The zero-order valence-corrected chi connectivity index (χ0v) is 19.0. The highest BCUT2D eigenvalue weighted by atomic mass is 16.6. The van der Waals surface area contributed by atoms with Crippen molar-refractivity contribution in [3.8, 4) is 22.6 Å². The Morgan fingerprint density at radius 1 is 0.879 bits per heavy atom. The van der Waals surface area contributed by atoms with Crippen LogP contribution in [0, 0.1) is 0 Å². The van der Waals surface area contributed by atoms with Crippen LogP contribution in [0.15, 0.2) is 57.7 Å². The molecule has 0 saturated carbocycles. The Balaban J connectivity index is 2.15. The lowest BCUT2D eigenvalue weighted by Crippen LogP contribution is -2.27. The van der Waals surface area contributed by atoms with Gasteiger partial charge in [0.1, 0.15) is 17.1 Å². The average Bonchev–Trinajstić information content (AvgIpc) is 2.79. The van der Waals surface area contributed by atoms with Gasteiger partial charge in [-0.3, -0.25) is 0 Å². The molecule has 0 fully saturated rings. The normalized spacial score (nSPS) is 12.6. The summed E-state index contributed by atoms with van der Waals surface area (Å²) in [6.45, 7) is 6.92. The molecule has 0 unspecified atom stereocenters. The molecule has 3 rings (SSSR count). The summed E-state index contributed by atoms with van der Waals surface area (Å²) in [4.78, 5) is 36.6. The summed E-state index contributed by atoms with van der Waals surface area (Å²) in [5.41, 5.74) is 0.942. The van der Waals surface area contributed by atoms with Crippen molar-refractivity contribution in [2.24, 2.45) is 0 Å². The van der Waals surface area contributed by atoms with Crippen LogP contribution in [-0.2, 0) is 19.1 Å². The van der Waals surface area contributed by atoms with Gasteiger partial charge in [0.2, 0.25) is 0 Å². The fourth-order valence-electron chi connectivity index (χ4n) is 3.26. The minimum absolute atomic E-state index is 0.181. The number of hydrogen-bond donors (Lipinski definition) is 0. The van der Waals surface area contributed by atoms with Gasteiger partial charge < -0.3 is 23.4 Å². The van der Waals surface area contributed by atoms with E-state index in [2.05, 4.69) is 0 Å². The van der Waals surface area contributed by atoms with Crippen LogP contribution in [0.1, 0.15) is 27.7 Å². The van der Waals surface area contributed by atoms with E-state index in [0.29, 0.717) is 10.9 Å². The number of esters is 2. The molecule has 1 aromatic heterocycles. The van der Waals surface area contributed by atoms with Crippen molar-refractivity contribution in [1.29, 1.82) is 0 Å². The third-order valence-electron chi connectivity index (χ3n) is 4.72. The van der Waals surface area contributed by atoms with Gasteiger partial charge in [-0.15, -0.1) is 0 Å². The van der Waals surface area contributed by atoms with E-state index in [1.807, 2.05) is 30.3 Å². The molecule has 8 heteroatoms. The van der Waals surface area contributed by atoms with Gasteiger partial charge in [0.25, 0.3) is 0 Å². The van der Waals surface area contributed by atoms with E-state index in [-0.39, 0.29) is 30.3 Å². The highest BCUT2D eigenvalue weighted by Crippen LogP contribution is 2.38. The monoisotopic (exact) mass is 454 g/mol. The predicted octanol–water partition coefficient (Wildman–Crippen LogP) is 4.12. The maximum absolute atomic E-state index is 12.3. The van der Waals surface area contributed by atoms with Gasteiger partial charge in [-0.1, -0.05) is 30.3 Å². The number of benzene rings is 2. The van der Waals surface area contributed by atoms with Crippen LogP contribution in [0.3, 0.4) is 0 Å². The number of carbonyl (C=O) groups excluding carboxylic acids is 2. The highest BCUT2D eigenvalue weighted by molar-refractivity contribution is 5.98. The van der Waals surface area contributed by atoms with Gasteiger partial charge >= 0.3 is 17.6 Å². The molecule has 8 nitrogen and oxygen atoms in total. The summed E-state index contributed by atoms with van der Waals surface area (Å²) >= 11 is 0. The topological polar surface area (TPSA) is 101 Å². The number of hydrogen-bond acceptors (Lipinski definition) is 8. The Kier molecular flexibility index (Phi) is 7.71. The van der Waals surface area contributed by atoms with Gasteiger partial charge in [0.05, 0.1) is 18.6 Å². The standard InChI is InChI=1S/C25H26O8/c1-5-29-24(27)15(3)31-18-12-20(32-16(4)25(28)30-6-2)23-19(17-10-8-7-9-11-17)14-22(26)33-21(23)13-18/h7-16H,5-6H2,1-4H3/t15-,16+/m0/s1.